The lowest BCUT2D eigenvalue weighted by Crippen LogP contribution is -2.15. The Bertz CT molecular complexity index is 724. The summed E-state index contributed by atoms with van der Waals surface area (Å²) in [7, 11) is 1.65. The SMILES string of the molecule is C=Cc1cc(-c2cnc[nH]c2=O)cc(C(C)(C)C)c1OC. The second-order valence-electron chi connectivity index (χ2n) is 5.89. The first-order valence-corrected chi connectivity index (χ1v) is 6.76. The van der Waals surface area contributed by atoms with Crippen molar-refractivity contribution in [2.75, 3.05) is 7.11 Å². The molecule has 1 N–H and O–H groups in total. The highest BCUT2D eigenvalue weighted by atomic mass is 16.5. The van der Waals surface area contributed by atoms with E-state index in [1.807, 2.05) is 12.1 Å². The summed E-state index contributed by atoms with van der Waals surface area (Å²) in [5.74, 6) is 0.793. The Hall–Kier alpha value is -2.36. The van der Waals surface area contributed by atoms with Crippen molar-refractivity contribution in [2.45, 2.75) is 26.2 Å². The molecule has 1 heterocycles. The number of rotatable bonds is 3. The third-order valence-corrected chi connectivity index (χ3v) is 3.38. The van der Waals surface area contributed by atoms with E-state index < -0.39 is 0 Å². The molecule has 0 atom stereocenters. The van der Waals surface area contributed by atoms with E-state index in [0.29, 0.717) is 5.56 Å². The zero-order chi connectivity index (χ0) is 15.6. The molecule has 21 heavy (non-hydrogen) atoms. The molecule has 0 bridgehead atoms. The van der Waals surface area contributed by atoms with Crippen molar-refractivity contribution in [2.24, 2.45) is 0 Å². The number of benzene rings is 1. The summed E-state index contributed by atoms with van der Waals surface area (Å²) in [5.41, 5.74) is 2.96. The van der Waals surface area contributed by atoms with Gasteiger partial charge in [-0.2, -0.15) is 0 Å². The van der Waals surface area contributed by atoms with E-state index in [2.05, 4.69) is 37.3 Å². The van der Waals surface area contributed by atoms with Crippen LogP contribution in [0.3, 0.4) is 0 Å². The van der Waals surface area contributed by atoms with E-state index in [4.69, 9.17) is 4.74 Å². The van der Waals surface area contributed by atoms with E-state index >= 15 is 0 Å². The van der Waals surface area contributed by atoms with Gasteiger partial charge in [-0.15, -0.1) is 0 Å². The van der Waals surface area contributed by atoms with E-state index in [0.717, 1.165) is 22.4 Å². The van der Waals surface area contributed by atoms with Gasteiger partial charge in [0.05, 0.1) is 19.0 Å². The van der Waals surface area contributed by atoms with Gasteiger partial charge in [-0.25, -0.2) is 4.98 Å². The lowest BCUT2D eigenvalue weighted by Gasteiger charge is -2.24. The molecule has 0 aliphatic heterocycles. The molecule has 0 saturated carbocycles. The lowest BCUT2D eigenvalue weighted by atomic mass is 9.83. The minimum absolute atomic E-state index is 0.117. The molecule has 0 saturated heterocycles. The Labute approximate surface area is 124 Å². The van der Waals surface area contributed by atoms with Gasteiger partial charge < -0.3 is 9.72 Å². The molecule has 0 amide bonds. The number of nitrogens with zero attached hydrogens (tertiary/aromatic N) is 1. The Balaban J connectivity index is 2.79. The van der Waals surface area contributed by atoms with Crippen molar-refractivity contribution in [3.05, 3.63) is 52.7 Å². The molecule has 1 aromatic heterocycles. The summed E-state index contributed by atoms with van der Waals surface area (Å²) in [6.07, 6.45) is 4.69. The summed E-state index contributed by atoms with van der Waals surface area (Å²) in [6.45, 7) is 10.2. The van der Waals surface area contributed by atoms with E-state index in [1.165, 1.54) is 6.33 Å². The Morgan fingerprint density at radius 2 is 2.05 bits per heavy atom. The van der Waals surface area contributed by atoms with Crippen molar-refractivity contribution in [3.8, 4) is 16.9 Å². The monoisotopic (exact) mass is 284 g/mol. The maximum absolute atomic E-state index is 12.0. The maximum Gasteiger partial charge on any atom is 0.258 e. The fourth-order valence-corrected chi connectivity index (χ4v) is 2.29. The van der Waals surface area contributed by atoms with Crippen LogP contribution in [0.2, 0.25) is 0 Å². The van der Waals surface area contributed by atoms with Crippen LogP contribution in [0.25, 0.3) is 17.2 Å². The first kappa shape index (κ1) is 15.0. The van der Waals surface area contributed by atoms with Crippen molar-refractivity contribution in [1.29, 1.82) is 0 Å². The predicted octanol–water partition coefficient (Wildman–Crippen LogP) is 3.39. The van der Waals surface area contributed by atoms with Gasteiger partial charge in [0.2, 0.25) is 0 Å². The number of ether oxygens (including phenoxy) is 1. The van der Waals surface area contributed by atoms with Crippen LogP contribution in [0.15, 0.2) is 36.0 Å². The third-order valence-electron chi connectivity index (χ3n) is 3.38. The molecule has 1 aromatic carbocycles. The van der Waals surface area contributed by atoms with Crippen molar-refractivity contribution in [3.63, 3.8) is 0 Å². The quantitative estimate of drug-likeness (QED) is 0.940. The number of methoxy groups -OCH3 is 1. The van der Waals surface area contributed by atoms with Crippen LogP contribution in [0, 0.1) is 0 Å². The molecule has 0 unspecified atom stereocenters. The standard InChI is InChI=1S/C17H20N2O2/c1-6-11-7-12(13-9-18-10-19-16(13)20)8-14(15(11)21-5)17(2,3)4/h6-10H,1H2,2-5H3,(H,18,19,20). The second kappa shape index (κ2) is 5.56. The van der Waals surface area contributed by atoms with Crippen LogP contribution < -0.4 is 10.3 Å². The highest BCUT2D eigenvalue weighted by Gasteiger charge is 2.22. The van der Waals surface area contributed by atoms with Gasteiger partial charge in [0.25, 0.3) is 5.56 Å². The van der Waals surface area contributed by atoms with Crippen molar-refractivity contribution >= 4 is 6.08 Å². The molecule has 0 radical (unpaired) electrons. The van der Waals surface area contributed by atoms with E-state index in [-0.39, 0.29) is 11.0 Å². The van der Waals surface area contributed by atoms with Gasteiger partial charge in [-0.3, -0.25) is 4.79 Å². The molecule has 0 aliphatic carbocycles. The fraction of sp³-hybridized carbons (Fsp3) is 0.294. The minimum Gasteiger partial charge on any atom is -0.496 e. The van der Waals surface area contributed by atoms with Crippen LogP contribution in [0.1, 0.15) is 31.9 Å². The molecule has 4 heteroatoms. The maximum atomic E-state index is 12.0. The number of aromatic nitrogens is 2. The lowest BCUT2D eigenvalue weighted by molar-refractivity contribution is 0.397. The molecule has 110 valence electrons. The van der Waals surface area contributed by atoms with Crippen molar-refractivity contribution in [1.82, 2.24) is 9.97 Å². The van der Waals surface area contributed by atoms with Crippen molar-refractivity contribution < 1.29 is 4.74 Å². The topological polar surface area (TPSA) is 55.0 Å². The smallest absolute Gasteiger partial charge is 0.258 e. The molecule has 0 aliphatic rings. The zero-order valence-corrected chi connectivity index (χ0v) is 12.9. The summed E-state index contributed by atoms with van der Waals surface area (Å²) < 4.78 is 5.54. The van der Waals surface area contributed by atoms with Crippen LogP contribution in [-0.2, 0) is 5.41 Å². The highest BCUT2D eigenvalue weighted by molar-refractivity contribution is 5.72. The Kier molecular flexibility index (Phi) is 3.98. The number of nitrogens with one attached hydrogen (secondary N) is 1. The van der Waals surface area contributed by atoms with Crippen LogP contribution in [0.5, 0.6) is 5.75 Å². The highest BCUT2D eigenvalue weighted by Crippen LogP contribution is 2.37. The number of aromatic amines is 1. The van der Waals surface area contributed by atoms with E-state index in [9.17, 15) is 4.79 Å². The van der Waals surface area contributed by atoms with Crippen LogP contribution >= 0.6 is 0 Å². The molecule has 4 nitrogen and oxygen atoms in total. The Morgan fingerprint density at radius 3 is 2.57 bits per heavy atom. The van der Waals surface area contributed by atoms with Crippen LogP contribution in [0.4, 0.5) is 0 Å². The summed E-state index contributed by atoms with van der Waals surface area (Å²) in [6, 6.07) is 3.88. The first-order chi connectivity index (χ1) is 9.88. The molecule has 0 spiro atoms. The van der Waals surface area contributed by atoms with Gasteiger partial charge in [-0.05, 0) is 23.1 Å². The zero-order valence-electron chi connectivity index (χ0n) is 12.9. The minimum atomic E-state index is -0.162. The predicted molar refractivity (Wildman–Crippen MR) is 85.6 cm³/mol. The molecular formula is C17H20N2O2. The fourth-order valence-electron chi connectivity index (χ4n) is 2.29. The largest absolute Gasteiger partial charge is 0.496 e. The molecule has 0 fully saturated rings. The van der Waals surface area contributed by atoms with Gasteiger partial charge in [0.15, 0.2) is 0 Å². The summed E-state index contributed by atoms with van der Waals surface area (Å²) >= 11 is 0. The summed E-state index contributed by atoms with van der Waals surface area (Å²) in [5, 5.41) is 0. The van der Waals surface area contributed by atoms with Crippen LogP contribution in [-0.4, -0.2) is 17.1 Å². The van der Waals surface area contributed by atoms with Gasteiger partial charge in [0, 0.05) is 17.3 Å². The average Bonchev–Trinajstić information content (AvgIpc) is 2.45. The second-order valence-corrected chi connectivity index (χ2v) is 5.89. The van der Waals surface area contributed by atoms with Gasteiger partial charge in [-0.1, -0.05) is 33.4 Å². The van der Waals surface area contributed by atoms with Gasteiger partial charge in [0.1, 0.15) is 5.75 Å². The Morgan fingerprint density at radius 1 is 1.33 bits per heavy atom. The normalized spacial score (nSPS) is 11.2. The number of H-pyrrole nitrogens is 1. The van der Waals surface area contributed by atoms with Gasteiger partial charge >= 0.3 is 0 Å². The molecule has 2 rings (SSSR count). The summed E-state index contributed by atoms with van der Waals surface area (Å²) in [4.78, 5) is 18.6. The van der Waals surface area contributed by atoms with E-state index in [1.54, 1.807) is 19.4 Å². The first-order valence-electron chi connectivity index (χ1n) is 6.76. The number of hydrogen-bond acceptors (Lipinski definition) is 3. The average molecular weight is 284 g/mol. The number of hydrogen-bond donors (Lipinski definition) is 1. The molecule has 2 aromatic rings. The molecular weight excluding hydrogens is 264 g/mol. The third kappa shape index (κ3) is 2.89.